The highest BCUT2D eigenvalue weighted by molar-refractivity contribution is 5.94. The fraction of sp³-hybridized carbons (Fsp3) is 0.364. The van der Waals surface area contributed by atoms with Crippen LogP contribution in [0.5, 0.6) is 0 Å². The van der Waals surface area contributed by atoms with Crippen LogP contribution >= 0.6 is 0 Å². The minimum atomic E-state index is -0.424. The molecule has 0 aliphatic heterocycles. The van der Waals surface area contributed by atoms with Gasteiger partial charge in [0.2, 0.25) is 11.8 Å². The Kier molecular flexibility index (Phi) is 4.86. The molecule has 0 bridgehead atoms. The summed E-state index contributed by atoms with van der Waals surface area (Å²) in [5, 5.41) is 2.92. The van der Waals surface area contributed by atoms with Gasteiger partial charge in [0.05, 0.1) is 0 Å². The van der Waals surface area contributed by atoms with Crippen LogP contribution in [0.3, 0.4) is 0 Å². The number of hydrogen-bond acceptors (Lipinski definition) is 3. The second kappa shape index (κ2) is 6.94. The third-order valence-electron chi connectivity index (χ3n) is 4.66. The summed E-state index contributed by atoms with van der Waals surface area (Å²) >= 11 is 0. The van der Waals surface area contributed by atoms with Gasteiger partial charge in [0.15, 0.2) is 5.58 Å². The molecular formula is C22H26N2O2. The van der Waals surface area contributed by atoms with Crippen LogP contribution in [0, 0.1) is 5.41 Å². The first kappa shape index (κ1) is 18.2. The van der Waals surface area contributed by atoms with Crippen LogP contribution in [0.4, 0.5) is 5.69 Å². The molecule has 3 rings (SSSR count). The number of nitrogens with one attached hydrogen (secondary N) is 1. The van der Waals surface area contributed by atoms with Crippen molar-refractivity contribution in [1.29, 1.82) is 0 Å². The van der Waals surface area contributed by atoms with Crippen LogP contribution in [-0.4, -0.2) is 10.9 Å². The van der Waals surface area contributed by atoms with Gasteiger partial charge in [-0.15, -0.1) is 0 Å². The lowest BCUT2D eigenvalue weighted by atomic mass is 9.95. The monoisotopic (exact) mass is 350 g/mol. The van der Waals surface area contributed by atoms with Crippen molar-refractivity contribution in [3.05, 3.63) is 48.0 Å². The van der Waals surface area contributed by atoms with Gasteiger partial charge in [-0.25, -0.2) is 4.98 Å². The Balaban J connectivity index is 1.84. The summed E-state index contributed by atoms with van der Waals surface area (Å²) < 4.78 is 5.90. The predicted octanol–water partition coefficient (Wildman–Crippen LogP) is 5.99. The molecule has 0 saturated heterocycles. The van der Waals surface area contributed by atoms with Crippen LogP contribution in [-0.2, 0) is 4.79 Å². The SMILES string of the molecule is CCC(C)c1ccc2oc(-c3ccc(NC(=O)C(C)(C)C)cc3)nc2c1. The van der Waals surface area contributed by atoms with Gasteiger partial charge in [0.25, 0.3) is 0 Å². The van der Waals surface area contributed by atoms with E-state index in [0.29, 0.717) is 11.8 Å². The molecule has 1 heterocycles. The summed E-state index contributed by atoms with van der Waals surface area (Å²) in [6.45, 7) is 10.1. The number of fused-ring (bicyclic) bond motifs is 1. The van der Waals surface area contributed by atoms with E-state index in [1.54, 1.807) is 0 Å². The number of aromatic nitrogens is 1. The Morgan fingerprint density at radius 2 is 1.85 bits per heavy atom. The van der Waals surface area contributed by atoms with Gasteiger partial charge in [0, 0.05) is 16.7 Å². The highest BCUT2D eigenvalue weighted by atomic mass is 16.3. The molecule has 26 heavy (non-hydrogen) atoms. The number of oxazole rings is 1. The van der Waals surface area contributed by atoms with Gasteiger partial charge in [0.1, 0.15) is 5.52 Å². The standard InChI is InChI=1S/C22H26N2O2/c1-6-14(2)16-9-12-19-18(13-16)24-20(26-19)15-7-10-17(11-8-15)23-21(25)22(3,4)5/h7-14H,6H2,1-5H3,(H,23,25). The number of nitrogens with zero attached hydrogens (tertiary/aromatic N) is 1. The van der Waals surface area contributed by atoms with E-state index < -0.39 is 5.41 Å². The maximum Gasteiger partial charge on any atom is 0.229 e. The molecular weight excluding hydrogens is 324 g/mol. The molecule has 4 heteroatoms. The third kappa shape index (κ3) is 3.79. The number of hydrogen-bond donors (Lipinski definition) is 1. The molecule has 0 radical (unpaired) electrons. The second-order valence-electron chi connectivity index (χ2n) is 7.84. The fourth-order valence-electron chi connectivity index (χ4n) is 2.62. The fourth-order valence-corrected chi connectivity index (χ4v) is 2.62. The Morgan fingerprint density at radius 1 is 1.15 bits per heavy atom. The maximum absolute atomic E-state index is 12.1. The molecule has 0 aliphatic rings. The molecule has 1 atom stereocenters. The molecule has 1 aromatic heterocycles. The van der Waals surface area contributed by atoms with Crippen LogP contribution in [0.1, 0.15) is 52.5 Å². The number of rotatable bonds is 4. The quantitative estimate of drug-likeness (QED) is 0.628. The Morgan fingerprint density at radius 3 is 2.46 bits per heavy atom. The van der Waals surface area contributed by atoms with E-state index in [1.807, 2.05) is 51.1 Å². The molecule has 1 amide bonds. The van der Waals surface area contributed by atoms with Gasteiger partial charge < -0.3 is 9.73 Å². The van der Waals surface area contributed by atoms with E-state index in [9.17, 15) is 4.79 Å². The molecule has 136 valence electrons. The topological polar surface area (TPSA) is 55.1 Å². The van der Waals surface area contributed by atoms with Crippen molar-refractivity contribution in [3.63, 3.8) is 0 Å². The van der Waals surface area contributed by atoms with Gasteiger partial charge >= 0.3 is 0 Å². The van der Waals surface area contributed by atoms with Gasteiger partial charge in [-0.3, -0.25) is 4.79 Å². The summed E-state index contributed by atoms with van der Waals surface area (Å²) in [6.07, 6.45) is 1.10. The second-order valence-corrected chi connectivity index (χ2v) is 7.84. The average molecular weight is 350 g/mol. The van der Waals surface area contributed by atoms with Crippen molar-refractivity contribution in [3.8, 4) is 11.5 Å². The summed E-state index contributed by atoms with van der Waals surface area (Å²) in [4.78, 5) is 16.7. The van der Waals surface area contributed by atoms with E-state index in [0.717, 1.165) is 28.8 Å². The zero-order valence-corrected chi connectivity index (χ0v) is 16.1. The molecule has 0 spiro atoms. The van der Waals surface area contributed by atoms with Crippen molar-refractivity contribution in [2.75, 3.05) is 5.32 Å². The number of benzene rings is 2. The van der Waals surface area contributed by atoms with Crippen molar-refractivity contribution < 1.29 is 9.21 Å². The number of amides is 1. The first-order valence-electron chi connectivity index (χ1n) is 9.10. The molecule has 1 N–H and O–H groups in total. The predicted molar refractivity (Wildman–Crippen MR) is 106 cm³/mol. The van der Waals surface area contributed by atoms with E-state index in [4.69, 9.17) is 4.42 Å². The highest BCUT2D eigenvalue weighted by Crippen LogP contribution is 2.28. The Hall–Kier alpha value is -2.62. The maximum atomic E-state index is 12.1. The van der Waals surface area contributed by atoms with E-state index >= 15 is 0 Å². The van der Waals surface area contributed by atoms with Gasteiger partial charge in [-0.1, -0.05) is 40.7 Å². The zero-order valence-electron chi connectivity index (χ0n) is 16.1. The Bertz CT molecular complexity index is 917. The molecule has 4 nitrogen and oxygen atoms in total. The smallest absolute Gasteiger partial charge is 0.229 e. The molecule has 1 unspecified atom stereocenters. The minimum absolute atomic E-state index is 0.00955. The molecule has 0 fully saturated rings. The van der Waals surface area contributed by atoms with Crippen LogP contribution < -0.4 is 5.32 Å². The van der Waals surface area contributed by atoms with Gasteiger partial charge in [-0.05, 0) is 54.3 Å². The van der Waals surface area contributed by atoms with Crippen LogP contribution in [0.2, 0.25) is 0 Å². The first-order chi connectivity index (χ1) is 12.3. The van der Waals surface area contributed by atoms with Crippen LogP contribution in [0.15, 0.2) is 46.9 Å². The highest BCUT2D eigenvalue weighted by Gasteiger charge is 2.21. The lowest BCUT2D eigenvalue weighted by Crippen LogP contribution is -2.27. The lowest BCUT2D eigenvalue weighted by Gasteiger charge is -2.17. The van der Waals surface area contributed by atoms with E-state index in [1.165, 1.54) is 5.56 Å². The summed E-state index contributed by atoms with van der Waals surface area (Å²) in [5.74, 6) is 1.09. The summed E-state index contributed by atoms with van der Waals surface area (Å²) in [6, 6.07) is 13.8. The average Bonchev–Trinajstić information content (AvgIpc) is 3.04. The van der Waals surface area contributed by atoms with Crippen molar-refractivity contribution in [1.82, 2.24) is 4.98 Å². The largest absolute Gasteiger partial charge is 0.436 e. The first-order valence-corrected chi connectivity index (χ1v) is 9.10. The number of anilines is 1. The van der Waals surface area contributed by atoms with Crippen LogP contribution in [0.25, 0.3) is 22.6 Å². The Labute approximate surface area is 154 Å². The zero-order chi connectivity index (χ0) is 18.9. The van der Waals surface area contributed by atoms with E-state index in [2.05, 4.69) is 36.3 Å². The third-order valence-corrected chi connectivity index (χ3v) is 4.66. The molecule has 3 aromatic rings. The molecule has 0 aliphatic carbocycles. The number of carbonyl (C=O) groups is 1. The van der Waals surface area contributed by atoms with Gasteiger partial charge in [-0.2, -0.15) is 0 Å². The molecule has 0 saturated carbocycles. The summed E-state index contributed by atoms with van der Waals surface area (Å²) in [5.41, 5.74) is 4.18. The lowest BCUT2D eigenvalue weighted by molar-refractivity contribution is -0.123. The minimum Gasteiger partial charge on any atom is -0.436 e. The van der Waals surface area contributed by atoms with Crippen molar-refractivity contribution in [2.45, 2.75) is 47.0 Å². The van der Waals surface area contributed by atoms with E-state index in [-0.39, 0.29) is 5.91 Å². The van der Waals surface area contributed by atoms with Crippen molar-refractivity contribution in [2.24, 2.45) is 5.41 Å². The normalized spacial score (nSPS) is 13.0. The number of carbonyl (C=O) groups excluding carboxylic acids is 1. The van der Waals surface area contributed by atoms with Crippen molar-refractivity contribution >= 4 is 22.7 Å². The summed E-state index contributed by atoms with van der Waals surface area (Å²) in [7, 11) is 0. The molecule has 2 aromatic carbocycles.